The molecule has 1 aromatic heterocycles. The van der Waals surface area contributed by atoms with Crippen molar-refractivity contribution in [3.63, 3.8) is 0 Å². The number of anilines is 1. The van der Waals surface area contributed by atoms with E-state index < -0.39 is 0 Å². The lowest BCUT2D eigenvalue weighted by atomic mass is 10.2. The van der Waals surface area contributed by atoms with E-state index in [0.29, 0.717) is 17.8 Å². The van der Waals surface area contributed by atoms with Crippen molar-refractivity contribution in [2.24, 2.45) is 0 Å². The number of amides is 1. The maximum atomic E-state index is 12.5. The number of fused-ring (bicyclic) bond motifs is 1. The summed E-state index contributed by atoms with van der Waals surface area (Å²) in [6, 6.07) is 16.7. The van der Waals surface area contributed by atoms with E-state index in [1.165, 1.54) is 0 Å². The standard InChI is InChI=1S/C19H18N4OS/c1-13(19(24)22-15-8-4-3-7-14(15)11-20)23(2)12-18-21-16-9-5-6-10-17(16)25-18/h3-10,13H,12H2,1-2H3,(H,22,24). The van der Waals surface area contributed by atoms with Crippen LogP contribution in [0.25, 0.3) is 10.2 Å². The molecule has 0 saturated heterocycles. The van der Waals surface area contributed by atoms with E-state index >= 15 is 0 Å². The second kappa shape index (κ2) is 7.43. The number of carbonyl (C=O) groups is 1. The van der Waals surface area contributed by atoms with Crippen molar-refractivity contribution in [1.82, 2.24) is 9.88 Å². The van der Waals surface area contributed by atoms with Crippen LogP contribution in [0, 0.1) is 11.3 Å². The Morgan fingerprint density at radius 1 is 1.28 bits per heavy atom. The molecule has 1 amide bonds. The highest BCUT2D eigenvalue weighted by Gasteiger charge is 2.20. The Morgan fingerprint density at radius 3 is 2.76 bits per heavy atom. The summed E-state index contributed by atoms with van der Waals surface area (Å²) in [7, 11) is 1.90. The van der Waals surface area contributed by atoms with E-state index in [9.17, 15) is 4.79 Å². The van der Waals surface area contributed by atoms with Crippen LogP contribution in [0.1, 0.15) is 17.5 Å². The Hall–Kier alpha value is -2.75. The second-order valence-corrected chi connectivity index (χ2v) is 6.93. The van der Waals surface area contributed by atoms with Crippen LogP contribution >= 0.6 is 11.3 Å². The average Bonchev–Trinajstić information content (AvgIpc) is 3.03. The van der Waals surface area contributed by atoms with Crippen LogP contribution in [-0.4, -0.2) is 28.9 Å². The highest BCUT2D eigenvalue weighted by Crippen LogP contribution is 2.23. The predicted octanol–water partition coefficient (Wildman–Crippen LogP) is 3.63. The van der Waals surface area contributed by atoms with Crippen molar-refractivity contribution in [2.75, 3.05) is 12.4 Å². The second-order valence-electron chi connectivity index (χ2n) is 5.81. The van der Waals surface area contributed by atoms with Gasteiger partial charge >= 0.3 is 0 Å². The summed E-state index contributed by atoms with van der Waals surface area (Å²) in [4.78, 5) is 19.1. The van der Waals surface area contributed by atoms with Gasteiger partial charge in [-0.25, -0.2) is 4.98 Å². The molecule has 0 fully saturated rings. The predicted molar refractivity (Wildman–Crippen MR) is 100 cm³/mol. The van der Waals surface area contributed by atoms with E-state index in [4.69, 9.17) is 5.26 Å². The lowest BCUT2D eigenvalue weighted by Gasteiger charge is -2.23. The molecule has 1 unspecified atom stereocenters. The van der Waals surface area contributed by atoms with Gasteiger partial charge < -0.3 is 5.32 Å². The van der Waals surface area contributed by atoms with Gasteiger partial charge in [-0.05, 0) is 38.2 Å². The van der Waals surface area contributed by atoms with Gasteiger partial charge in [0.1, 0.15) is 11.1 Å². The van der Waals surface area contributed by atoms with Crippen molar-refractivity contribution in [3.05, 3.63) is 59.1 Å². The number of carbonyl (C=O) groups excluding carboxylic acids is 1. The third-order valence-electron chi connectivity index (χ3n) is 4.07. The molecule has 0 saturated carbocycles. The van der Waals surface area contributed by atoms with E-state index in [-0.39, 0.29) is 11.9 Å². The quantitative estimate of drug-likeness (QED) is 0.763. The molecule has 126 valence electrons. The van der Waals surface area contributed by atoms with Gasteiger partial charge in [-0.15, -0.1) is 11.3 Å². The molecule has 1 atom stereocenters. The third-order valence-corrected chi connectivity index (χ3v) is 5.09. The van der Waals surface area contributed by atoms with E-state index in [1.807, 2.05) is 43.1 Å². The van der Waals surface area contributed by atoms with Crippen LogP contribution in [0.2, 0.25) is 0 Å². The van der Waals surface area contributed by atoms with E-state index in [2.05, 4.69) is 16.4 Å². The summed E-state index contributed by atoms with van der Waals surface area (Å²) in [5.74, 6) is -0.147. The topological polar surface area (TPSA) is 69.0 Å². The monoisotopic (exact) mass is 350 g/mol. The van der Waals surface area contributed by atoms with Gasteiger partial charge in [0.15, 0.2) is 0 Å². The number of nitrogens with zero attached hydrogens (tertiary/aromatic N) is 3. The van der Waals surface area contributed by atoms with Crippen LogP contribution in [0.5, 0.6) is 0 Å². The van der Waals surface area contributed by atoms with Gasteiger partial charge in [-0.2, -0.15) is 5.26 Å². The molecule has 3 aromatic rings. The Bertz CT molecular complexity index is 911. The Balaban J connectivity index is 1.68. The van der Waals surface area contributed by atoms with Gasteiger partial charge in [0.05, 0.1) is 34.1 Å². The molecule has 0 bridgehead atoms. The number of hydrogen-bond donors (Lipinski definition) is 1. The summed E-state index contributed by atoms with van der Waals surface area (Å²) in [6.45, 7) is 2.44. The minimum absolute atomic E-state index is 0.147. The fourth-order valence-corrected chi connectivity index (χ4v) is 3.50. The fraction of sp³-hybridized carbons (Fsp3) is 0.211. The minimum Gasteiger partial charge on any atom is -0.324 e. The molecule has 1 heterocycles. The molecule has 0 aliphatic carbocycles. The summed E-state index contributed by atoms with van der Waals surface area (Å²) >= 11 is 1.64. The highest BCUT2D eigenvalue weighted by molar-refractivity contribution is 7.18. The molecular formula is C19H18N4OS. The van der Waals surface area contributed by atoms with Crippen LogP contribution in [0.4, 0.5) is 5.69 Å². The number of benzene rings is 2. The molecule has 2 aromatic carbocycles. The Labute approximate surface area is 150 Å². The smallest absolute Gasteiger partial charge is 0.241 e. The molecule has 0 aliphatic heterocycles. The maximum absolute atomic E-state index is 12.5. The molecular weight excluding hydrogens is 332 g/mol. The van der Waals surface area contributed by atoms with Gasteiger partial charge in [-0.3, -0.25) is 9.69 Å². The largest absolute Gasteiger partial charge is 0.324 e. The average molecular weight is 350 g/mol. The van der Waals surface area contributed by atoms with Crippen LogP contribution < -0.4 is 5.32 Å². The lowest BCUT2D eigenvalue weighted by molar-refractivity contribution is -0.120. The molecule has 6 heteroatoms. The van der Waals surface area contributed by atoms with Crippen molar-refractivity contribution in [2.45, 2.75) is 19.5 Å². The number of nitriles is 1. The number of hydrogen-bond acceptors (Lipinski definition) is 5. The van der Waals surface area contributed by atoms with Gasteiger partial charge in [-0.1, -0.05) is 24.3 Å². The molecule has 25 heavy (non-hydrogen) atoms. The van der Waals surface area contributed by atoms with Gasteiger partial charge in [0.25, 0.3) is 0 Å². The Kier molecular flexibility index (Phi) is 5.08. The summed E-state index contributed by atoms with van der Waals surface area (Å²) < 4.78 is 1.14. The third kappa shape index (κ3) is 3.85. The zero-order valence-electron chi connectivity index (χ0n) is 14.1. The molecule has 0 radical (unpaired) electrons. The molecule has 5 nitrogen and oxygen atoms in total. The van der Waals surface area contributed by atoms with Crippen molar-refractivity contribution < 1.29 is 4.79 Å². The van der Waals surface area contributed by atoms with Crippen molar-refractivity contribution >= 4 is 33.1 Å². The van der Waals surface area contributed by atoms with Crippen molar-refractivity contribution in [3.8, 4) is 6.07 Å². The fourth-order valence-electron chi connectivity index (χ4n) is 2.46. The zero-order chi connectivity index (χ0) is 17.8. The summed E-state index contributed by atoms with van der Waals surface area (Å²) in [6.07, 6.45) is 0. The molecule has 3 rings (SSSR count). The number of aromatic nitrogens is 1. The van der Waals surface area contributed by atoms with Gasteiger partial charge in [0, 0.05) is 0 Å². The number of rotatable bonds is 5. The maximum Gasteiger partial charge on any atom is 0.241 e. The van der Waals surface area contributed by atoms with Crippen LogP contribution in [0.15, 0.2) is 48.5 Å². The highest BCUT2D eigenvalue weighted by atomic mass is 32.1. The SMILES string of the molecule is CC(C(=O)Nc1ccccc1C#N)N(C)Cc1nc2ccccc2s1. The zero-order valence-corrected chi connectivity index (χ0v) is 14.9. The van der Waals surface area contributed by atoms with E-state index in [1.54, 1.807) is 35.6 Å². The first-order chi connectivity index (χ1) is 12.1. The van der Waals surface area contributed by atoms with Crippen LogP contribution in [-0.2, 0) is 11.3 Å². The van der Waals surface area contributed by atoms with Crippen LogP contribution in [0.3, 0.4) is 0 Å². The van der Waals surface area contributed by atoms with Crippen molar-refractivity contribution in [1.29, 1.82) is 5.26 Å². The molecule has 0 aliphatic rings. The van der Waals surface area contributed by atoms with Gasteiger partial charge in [0.2, 0.25) is 5.91 Å². The molecule has 0 spiro atoms. The minimum atomic E-state index is -0.348. The number of nitrogens with one attached hydrogen (secondary N) is 1. The number of para-hydroxylation sites is 2. The summed E-state index contributed by atoms with van der Waals surface area (Å²) in [5, 5.41) is 12.9. The lowest BCUT2D eigenvalue weighted by Crippen LogP contribution is -2.39. The first kappa shape index (κ1) is 17.1. The van der Waals surface area contributed by atoms with E-state index in [0.717, 1.165) is 15.2 Å². The first-order valence-electron chi connectivity index (χ1n) is 7.93. The Morgan fingerprint density at radius 2 is 2.00 bits per heavy atom. The summed E-state index contributed by atoms with van der Waals surface area (Å²) in [5.41, 5.74) is 1.98. The normalized spacial score (nSPS) is 12.1. The first-order valence-corrected chi connectivity index (χ1v) is 8.75. The molecule has 1 N–H and O–H groups in total. The number of likely N-dealkylation sites (N-methyl/N-ethyl adjacent to an activating group) is 1. The number of thiazole rings is 1.